The van der Waals surface area contributed by atoms with Crippen molar-refractivity contribution in [3.05, 3.63) is 0 Å². The highest BCUT2D eigenvalue weighted by Gasteiger charge is 2.47. The zero-order chi connectivity index (χ0) is 9.15. The van der Waals surface area contributed by atoms with Crippen molar-refractivity contribution in [1.29, 1.82) is 0 Å². The minimum absolute atomic E-state index is 0.305. The third kappa shape index (κ3) is 2.80. The van der Waals surface area contributed by atoms with Gasteiger partial charge in [0.15, 0.2) is 0 Å². The van der Waals surface area contributed by atoms with Crippen LogP contribution in [0.15, 0.2) is 0 Å². The van der Waals surface area contributed by atoms with Crippen LogP contribution < -0.4 is 0 Å². The molecule has 2 saturated heterocycles. The van der Waals surface area contributed by atoms with Crippen LogP contribution in [0.3, 0.4) is 0 Å². The van der Waals surface area contributed by atoms with Crippen molar-refractivity contribution in [2.75, 3.05) is 0 Å². The lowest BCUT2D eigenvalue weighted by atomic mass is 8.89. The molecule has 2 aliphatic heterocycles. The van der Waals surface area contributed by atoms with Gasteiger partial charge in [-0.05, 0) is 0 Å². The minimum atomic E-state index is 0.305. The number of hydrogen-bond donors (Lipinski definition) is 0. The van der Waals surface area contributed by atoms with E-state index >= 15 is 0 Å². The lowest BCUT2D eigenvalue weighted by Gasteiger charge is -2.09. The average molecular weight is 148 g/mol. The van der Waals surface area contributed by atoms with E-state index in [1.54, 1.807) is 0 Å². The summed E-state index contributed by atoms with van der Waals surface area (Å²) in [6, 6.07) is 0. The maximum atomic E-state index is 2.35. The number of fused-ring (bicyclic) bond motifs is 1. The fourth-order valence-corrected chi connectivity index (χ4v) is 1.54. The lowest BCUT2D eigenvalue weighted by Crippen LogP contribution is -2.31. The third-order valence-corrected chi connectivity index (χ3v) is 2.59. The molecule has 2 aliphatic rings. The molecule has 2 rings (SSSR count). The summed E-state index contributed by atoms with van der Waals surface area (Å²) in [7, 11) is 21.4. The molecule has 2 atom stereocenters. The van der Waals surface area contributed by atoms with Crippen LogP contribution >= 0.6 is 0 Å². The molecule has 2 heterocycles. The molecule has 0 amide bonds. The van der Waals surface area contributed by atoms with Gasteiger partial charge in [0.2, 0.25) is 0 Å². The van der Waals surface area contributed by atoms with E-state index in [9.17, 15) is 0 Å². The first-order valence-electron chi connectivity index (χ1n) is 4.70. The first kappa shape index (κ1) is 10.2. The highest BCUT2D eigenvalue weighted by Crippen LogP contribution is 2.53. The standard InChI is InChI=1S/C3H4B10/c1-3-2(4-3)5-7-9-11-13-12-10-8-6-3/h2H,1H3. The van der Waals surface area contributed by atoms with Gasteiger partial charge in [-0.1, -0.05) is 6.92 Å². The van der Waals surface area contributed by atoms with Crippen molar-refractivity contribution in [3.8, 4) is 0 Å². The molecule has 10 radical (unpaired) electrons. The zero-order valence-corrected chi connectivity index (χ0v) is 7.85. The minimum Gasteiger partial charge on any atom is -0.112 e. The van der Waals surface area contributed by atoms with Gasteiger partial charge >= 0.3 is 0 Å². The number of rotatable bonds is 0. The van der Waals surface area contributed by atoms with Crippen molar-refractivity contribution in [1.82, 2.24) is 0 Å². The van der Waals surface area contributed by atoms with Crippen LogP contribution in [0.1, 0.15) is 6.92 Å². The monoisotopic (exact) mass is 150 g/mol. The predicted molar refractivity (Wildman–Crippen MR) is 69.7 cm³/mol. The summed E-state index contributed by atoms with van der Waals surface area (Å²) in [5.74, 6) is 0. The Kier molecular flexibility index (Phi) is 3.48. The Bertz CT molecular complexity index is 172. The van der Waals surface area contributed by atoms with Gasteiger partial charge in [0.25, 0.3) is 0 Å². The second-order valence-corrected chi connectivity index (χ2v) is 3.76. The highest BCUT2D eigenvalue weighted by atomic mass is 14.2. The predicted octanol–water partition coefficient (Wildman–Crippen LogP) is -2.74. The van der Waals surface area contributed by atoms with Crippen LogP contribution in [0, 0.1) is 0 Å². The van der Waals surface area contributed by atoms with E-state index < -0.39 is 0 Å². The molecule has 0 aromatic heterocycles. The van der Waals surface area contributed by atoms with Gasteiger partial charge < -0.3 is 0 Å². The van der Waals surface area contributed by atoms with Gasteiger partial charge in [-0.15, -0.1) is 10.9 Å². The summed E-state index contributed by atoms with van der Waals surface area (Å²) in [5, 5.41) is 0.305. The van der Waals surface area contributed by atoms with Gasteiger partial charge in [-0.2, -0.15) is 0 Å². The zero-order valence-electron chi connectivity index (χ0n) is 7.85. The van der Waals surface area contributed by atoms with E-state index in [1.165, 1.54) is 0 Å². The van der Waals surface area contributed by atoms with Crippen molar-refractivity contribution in [3.63, 3.8) is 0 Å². The van der Waals surface area contributed by atoms with Crippen LogP contribution in [0.4, 0.5) is 0 Å². The van der Waals surface area contributed by atoms with Crippen molar-refractivity contribution in [2.24, 2.45) is 0 Å². The topological polar surface area (TPSA) is 0 Å². The molecule has 0 bridgehead atoms. The van der Waals surface area contributed by atoms with Gasteiger partial charge in [0, 0.05) is 56.6 Å². The van der Waals surface area contributed by atoms with Crippen molar-refractivity contribution >= 4 is 71.0 Å². The van der Waals surface area contributed by atoms with E-state index in [-0.39, 0.29) is 0 Å². The van der Waals surface area contributed by atoms with E-state index in [0.29, 0.717) is 10.9 Å². The Hall–Kier alpha value is 0.649. The fraction of sp³-hybridized carbons (Fsp3) is 1.00. The Morgan fingerprint density at radius 3 is 2.23 bits per heavy atom. The molecule has 46 valence electrons. The second kappa shape index (κ2) is 4.45. The van der Waals surface area contributed by atoms with E-state index in [2.05, 4.69) is 56.8 Å². The normalized spacial score (nSPS) is 35.6. The van der Waals surface area contributed by atoms with Gasteiger partial charge in [0.1, 0.15) is 0 Å². The molecule has 0 aromatic carbocycles. The molecule has 0 aliphatic carbocycles. The summed E-state index contributed by atoms with van der Waals surface area (Å²) < 4.78 is 0. The Labute approximate surface area is 89.2 Å². The van der Waals surface area contributed by atoms with Crippen molar-refractivity contribution < 1.29 is 0 Å². The third-order valence-electron chi connectivity index (χ3n) is 2.59. The SMILES string of the molecule is CC12[B][B][B][B][B][B][B][B][B]C1[B]2. The van der Waals surface area contributed by atoms with Gasteiger partial charge in [-0.25, -0.2) is 0 Å². The van der Waals surface area contributed by atoms with Gasteiger partial charge in [-0.3, -0.25) is 0 Å². The van der Waals surface area contributed by atoms with Crippen LogP contribution in [0.2, 0.25) is 10.9 Å². The molecule has 0 nitrogen and oxygen atoms in total. The molecule has 13 heavy (non-hydrogen) atoms. The lowest BCUT2D eigenvalue weighted by molar-refractivity contribution is 1.05. The first-order chi connectivity index (χ1) is 6.31. The molecule has 2 unspecified atom stereocenters. The smallest absolute Gasteiger partial charge is 0.0978 e. The number of hydrogen-bond acceptors (Lipinski definition) is 0. The van der Waals surface area contributed by atoms with E-state index in [0.717, 1.165) is 0 Å². The molecule has 0 spiro atoms. The molecule has 0 saturated carbocycles. The largest absolute Gasteiger partial charge is 0.112 e. The molecular formula is C3H4B10. The molecule has 10 heteroatoms. The van der Waals surface area contributed by atoms with Gasteiger partial charge in [0.05, 0.1) is 14.4 Å². The molecule has 2 fully saturated rings. The maximum absolute atomic E-state index is 2.35. The Balaban J connectivity index is 1.79. The average Bonchev–Trinajstić information content (AvgIpc) is 2.73. The first-order valence-corrected chi connectivity index (χ1v) is 4.70. The Morgan fingerprint density at radius 2 is 1.46 bits per heavy atom. The van der Waals surface area contributed by atoms with Crippen LogP contribution in [-0.2, 0) is 0 Å². The summed E-state index contributed by atoms with van der Waals surface area (Å²) in [5.41, 5.74) is 0.625. The van der Waals surface area contributed by atoms with E-state index in [4.69, 9.17) is 0 Å². The van der Waals surface area contributed by atoms with E-state index in [1.807, 2.05) is 21.2 Å². The molecule has 0 N–H and O–H groups in total. The summed E-state index contributed by atoms with van der Waals surface area (Å²) >= 11 is 0. The fourth-order valence-electron chi connectivity index (χ4n) is 1.54. The quantitative estimate of drug-likeness (QED) is 0.327. The summed E-state index contributed by atoms with van der Waals surface area (Å²) in [6.45, 7) is 2.26. The maximum Gasteiger partial charge on any atom is 0.0978 e. The summed E-state index contributed by atoms with van der Waals surface area (Å²) in [6.07, 6.45) is 0. The Morgan fingerprint density at radius 1 is 0.846 bits per heavy atom. The van der Waals surface area contributed by atoms with Crippen LogP contribution in [-0.4, -0.2) is 71.0 Å². The van der Waals surface area contributed by atoms with Crippen molar-refractivity contribution in [2.45, 2.75) is 17.9 Å². The summed E-state index contributed by atoms with van der Waals surface area (Å²) in [4.78, 5) is 0. The molecular weight excluding hydrogens is 144 g/mol. The second-order valence-electron chi connectivity index (χ2n) is 3.76. The molecule has 0 aromatic rings. The van der Waals surface area contributed by atoms with Crippen LogP contribution in [0.5, 0.6) is 0 Å². The highest BCUT2D eigenvalue weighted by molar-refractivity contribution is 7.68. The van der Waals surface area contributed by atoms with Crippen LogP contribution in [0.25, 0.3) is 0 Å².